The molecule has 2 nitrogen and oxygen atoms in total. The van der Waals surface area contributed by atoms with Gasteiger partial charge in [0.05, 0.1) is 6.04 Å². The van der Waals surface area contributed by atoms with Crippen molar-refractivity contribution in [2.75, 3.05) is 0 Å². The van der Waals surface area contributed by atoms with Gasteiger partial charge in [0, 0.05) is 11.7 Å². The van der Waals surface area contributed by atoms with E-state index < -0.39 is 6.10 Å². The number of aliphatic hydroxyl groups excluding tert-OH is 1. The quantitative estimate of drug-likeness (QED) is 0.542. The van der Waals surface area contributed by atoms with Crippen LogP contribution in [0.5, 0.6) is 0 Å². The molecule has 0 aliphatic rings. The third kappa shape index (κ3) is 2.97. The Bertz CT molecular complexity index is 970. The topological polar surface area (TPSA) is 25.2 Å². The zero-order chi connectivity index (χ0) is 17.2. The SMILES string of the molecule is Cc1ccc(C(O)C(c2ccccc2)n2ccc3ccccc32)cc1. The van der Waals surface area contributed by atoms with Gasteiger partial charge in [-0.1, -0.05) is 78.4 Å². The number of benzene rings is 3. The van der Waals surface area contributed by atoms with Crippen LogP contribution in [-0.2, 0) is 0 Å². The zero-order valence-electron chi connectivity index (χ0n) is 14.2. The number of nitrogens with zero attached hydrogens (tertiary/aromatic N) is 1. The van der Waals surface area contributed by atoms with Crippen LogP contribution in [0, 0.1) is 6.92 Å². The van der Waals surface area contributed by atoms with E-state index in [1.165, 1.54) is 10.9 Å². The van der Waals surface area contributed by atoms with E-state index in [1.807, 2.05) is 54.6 Å². The van der Waals surface area contributed by atoms with Crippen molar-refractivity contribution in [2.24, 2.45) is 0 Å². The first-order chi connectivity index (χ1) is 12.2. The lowest BCUT2D eigenvalue weighted by Gasteiger charge is -2.26. The Morgan fingerprint density at radius 1 is 0.720 bits per heavy atom. The van der Waals surface area contributed by atoms with E-state index in [0.29, 0.717) is 0 Å². The number of fused-ring (bicyclic) bond motifs is 1. The zero-order valence-corrected chi connectivity index (χ0v) is 14.2. The molecule has 124 valence electrons. The summed E-state index contributed by atoms with van der Waals surface area (Å²) in [6, 6.07) is 28.6. The fourth-order valence-electron chi connectivity index (χ4n) is 3.44. The summed E-state index contributed by atoms with van der Waals surface area (Å²) in [6.07, 6.45) is 1.44. The molecule has 3 aromatic carbocycles. The molecule has 0 amide bonds. The average Bonchev–Trinajstić information content (AvgIpc) is 3.07. The molecule has 1 N–H and O–H groups in total. The highest BCUT2D eigenvalue weighted by Gasteiger charge is 2.25. The number of aromatic nitrogens is 1. The molecule has 0 aliphatic heterocycles. The molecule has 2 heteroatoms. The minimum atomic E-state index is -0.626. The van der Waals surface area contributed by atoms with Crippen LogP contribution in [0.3, 0.4) is 0 Å². The summed E-state index contributed by atoms with van der Waals surface area (Å²) >= 11 is 0. The first-order valence-electron chi connectivity index (χ1n) is 8.59. The van der Waals surface area contributed by atoms with Crippen molar-refractivity contribution in [2.45, 2.75) is 19.1 Å². The van der Waals surface area contributed by atoms with E-state index in [9.17, 15) is 5.11 Å². The molecule has 0 radical (unpaired) electrons. The summed E-state index contributed by atoms with van der Waals surface area (Å²) in [4.78, 5) is 0. The molecule has 0 saturated heterocycles. The molecule has 0 saturated carbocycles. The van der Waals surface area contributed by atoms with Gasteiger partial charge in [-0.3, -0.25) is 0 Å². The first kappa shape index (κ1) is 15.7. The van der Waals surface area contributed by atoms with Crippen molar-refractivity contribution in [1.29, 1.82) is 0 Å². The van der Waals surface area contributed by atoms with E-state index in [0.717, 1.165) is 16.6 Å². The maximum Gasteiger partial charge on any atom is 0.104 e. The molecule has 0 spiro atoms. The molecule has 0 fully saturated rings. The average molecular weight is 327 g/mol. The third-order valence-corrected chi connectivity index (χ3v) is 4.79. The second-order valence-corrected chi connectivity index (χ2v) is 6.49. The van der Waals surface area contributed by atoms with E-state index in [4.69, 9.17) is 0 Å². The monoisotopic (exact) mass is 327 g/mol. The molecular formula is C23H21NO. The van der Waals surface area contributed by atoms with Gasteiger partial charge in [-0.05, 0) is 35.6 Å². The van der Waals surface area contributed by atoms with Crippen molar-refractivity contribution in [3.8, 4) is 0 Å². The summed E-state index contributed by atoms with van der Waals surface area (Å²) in [5.74, 6) is 0. The summed E-state index contributed by atoms with van der Waals surface area (Å²) in [7, 11) is 0. The first-order valence-corrected chi connectivity index (χ1v) is 8.59. The molecule has 4 aromatic rings. The van der Waals surface area contributed by atoms with E-state index in [1.54, 1.807) is 0 Å². The molecular weight excluding hydrogens is 306 g/mol. The summed E-state index contributed by atoms with van der Waals surface area (Å²) in [5, 5.41) is 12.4. The number of aryl methyl sites for hydroxylation is 1. The molecule has 1 aromatic heterocycles. The molecule has 0 aliphatic carbocycles. The fraction of sp³-hybridized carbons (Fsp3) is 0.130. The molecule has 25 heavy (non-hydrogen) atoms. The van der Waals surface area contributed by atoms with Gasteiger partial charge in [-0.25, -0.2) is 0 Å². The lowest BCUT2D eigenvalue weighted by molar-refractivity contribution is 0.133. The van der Waals surface area contributed by atoms with Gasteiger partial charge in [-0.2, -0.15) is 0 Å². The van der Waals surface area contributed by atoms with Gasteiger partial charge < -0.3 is 9.67 Å². The second-order valence-electron chi connectivity index (χ2n) is 6.49. The van der Waals surface area contributed by atoms with E-state index in [-0.39, 0.29) is 6.04 Å². The van der Waals surface area contributed by atoms with Crippen molar-refractivity contribution >= 4 is 10.9 Å². The van der Waals surface area contributed by atoms with Crippen molar-refractivity contribution in [3.05, 3.63) is 108 Å². The highest BCUT2D eigenvalue weighted by molar-refractivity contribution is 5.80. The number of rotatable bonds is 4. The fourth-order valence-corrected chi connectivity index (χ4v) is 3.44. The normalized spacial score (nSPS) is 13.7. The van der Waals surface area contributed by atoms with Crippen LogP contribution in [0.15, 0.2) is 91.1 Å². The molecule has 2 unspecified atom stereocenters. The molecule has 1 heterocycles. The predicted molar refractivity (Wildman–Crippen MR) is 103 cm³/mol. The van der Waals surface area contributed by atoms with E-state index in [2.05, 4.69) is 48.0 Å². The predicted octanol–water partition coefficient (Wildman–Crippen LogP) is 5.27. The highest BCUT2D eigenvalue weighted by Crippen LogP contribution is 2.35. The minimum Gasteiger partial charge on any atom is -0.386 e. The van der Waals surface area contributed by atoms with Crippen molar-refractivity contribution in [1.82, 2.24) is 4.57 Å². The maximum atomic E-state index is 11.2. The van der Waals surface area contributed by atoms with E-state index >= 15 is 0 Å². The lowest BCUT2D eigenvalue weighted by Crippen LogP contribution is -2.18. The Balaban J connectivity index is 1.86. The van der Waals surface area contributed by atoms with Gasteiger partial charge in [0.15, 0.2) is 0 Å². The molecule has 0 bridgehead atoms. The maximum absolute atomic E-state index is 11.2. The van der Waals surface area contributed by atoms with Gasteiger partial charge in [-0.15, -0.1) is 0 Å². The lowest BCUT2D eigenvalue weighted by atomic mass is 9.95. The third-order valence-electron chi connectivity index (χ3n) is 4.79. The van der Waals surface area contributed by atoms with Crippen LogP contribution in [0.25, 0.3) is 10.9 Å². The Morgan fingerprint density at radius 3 is 2.16 bits per heavy atom. The Kier molecular flexibility index (Phi) is 4.12. The molecule has 4 rings (SSSR count). The minimum absolute atomic E-state index is 0.177. The largest absolute Gasteiger partial charge is 0.386 e. The Hall–Kier alpha value is -2.84. The smallest absolute Gasteiger partial charge is 0.104 e. The Labute approximate surface area is 148 Å². The van der Waals surface area contributed by atoms with Crippen LogP contribution in [0.1, 0.15) is 28.8 Å². The summed E-state index contributed by atoms with van der Waals surface area (Å²) < 4.78 is 2.18. The van der Waals surface area contributed by atoms with Crippen LogP contribution >= 0.6 is 0 Å². The van der Waals surface area contributed by atoms with Crippen LogP contribution in [-0.4, -0.2) is 9.67 Å². The van der Waals surface area contributed by atoms with Gasteiger partial charge >= 0.3 is 0 Å². The van der Waals surface area contributed by atoms with Gasteiger partial charge in [0.2, 0.25) is 0 Å². The van der Waals surface area contributed by atoms with Crippen LogP contribution in [0.2, 0.25) is 0 Å². The van der Waals surface area contributed by atoms with Crippen molar-refractivity contribution < 1.29 is 5.11 Å². The van der Waals surface area contributed by atoms with Gasteiger partial charge in [0.1, 0.15) is 6.10 Å². The number of hydrogen-bond donors (Lipinski definition) is 1. The van der Waals surface area contributed by atoms with Crippen molar-refractivity contribution in [3.63, 3.8) is 0 Å². The highest BCUT2D eigenvalue weighted by atomic mass is 16.3. The summed E-state index contributed by atoms with van der Waals surface area (Å²) in [6.45, 7) is 2.06. The molecule has 2 atom stereocenters. The number of aliphatic hydroxyl groups is 1. The summed E-state index contributed by atoms with van der Waals surface area (Å²) in [5.41, 5.74) is 4.34. The van der Waals surface area contributed by atoms with Crippen LogP contribution < -0.4 is 0 Å². The number of para-hydroxylation sites is 1. The van der Waals surface area contributed by atoms with Gasteiger partial charge in [0.25, 0.3) is 0 Å². The number of hydrogen-bond acceptors (Lipinski definition) is 1. The van der Waals surface area contributed by atoms with Crippen LogP contribution in [0.4, 0.5) is 0 Å². The Morgan fingerprint density at radius 2 is 1.40 bits per heavy atom. The standard InChI is InChI=1S/C23H21NO/c1-17-11-13-20(14-12-17)23(25)22(19-8-3-2-4-9-19)24-16-15-18-7-5-6-10-21(18)24/h2-16,22-23,25H,1H3. The second kappa shape index (κ2) is 6.58.